The van der Waals surface area contributed by atoms with E-state index < -0.39 is 36.0 Å². The Morgan fingerprint density at radius 3 is 2.70 bits per heavy atom. The first-order valence-electron chi connectivity index (χ1n) is 14.0. The summed E-state index contributed by atoms with van der Waals surface area (Å²) in [6, 6.07) is 5.44. The zero-order chi connectivity index (χ0) is 32.7. The third-order valence-corrected chi connectivity index (χ3v) is 7.77. The summed E-state index contributed by atoms with van der Waals surface area (Å²) in [5, 5.41) is 27.5. The summed E-state index contributed by atoms with van der Waals surface area (Å²) in [7, 11) is 0. The minimum atomic E-state index is -4.74. The van der Waals surface area contributed by atoms with E-state index in [1.54, 1.807) is 6.07 Å². The maximum atomic E-state index is 14.7. The van der Waals surface area contributed by atoms with Crippen molar-refractivity contribution in [1.82, 2.24) is 29.4 Å². The molecule has 13 nitrogen and oxygen atoms in total. The molecule has 1 aliphatic rings. The van der Waals surface area contributed by atoms with E-state index in [2.05, 4.69) is 15.2 Å². The minimum absolute atomic E-state index is 0.0230. The average molecular weight is 647 g/mol. The highest BCUT2D eigenvalue weighted by Gasteiger charge is 2.48. The number of rotatable bonds is 9. The van der Waals surface area contributed by atoms with Crippen LogP contribution >= 0.6 is 0 Å². The number of nitrogens with zero attached hydrogens (tertiary/aromatic N) is 6. The molecule has 0 saturated carbocycles. The molecule has 5 heterocycles. The van der Waals surface area contributed by atoms with Crippen molar-refractivity contribution in [2.45, 2.75) is 38.1 Å². The van der Waals surface area contributed by atoms with E-state index in [1.165, 1.54) is 47.9 Å². The lowest BCUT2D eigenvalue weighted by Gasteiger charge is -2.31. The van der Waals surface area contributed by atoms with Gasteiger partial charge >= 0.3 is 18.1 Å². The first-order valence-corrected chi connectivity index (χ1v) is 14.0. The first-order chi connectivity index (χ1) is 21.9. The lowest BCUT2D eigenvalue weighted by atomic mass is 10.1. The third-order valence-electron chi connectivity index (χ3n) is 7.77. The number of aryl methyl sites for hydroxylation is 1. The second-order valence-electron chi connectivity index (χ2n) is 10.7. The Balaban J connectivity index is 1.31. The van der Waals surface area contributed by atoms with Gasteiger partial charge in [0.25, 0.3) is 0 Å². The Hall–Kier alpha value is -5.03. The van der Waals surface area contributed by atoms with Gasteiger partial charge in [-0.25, -0.2) is 19.0 Å². The van der Waals surface area contributed by atoms with Gasteiger partial charge in [0.2, 0.25) is 0 Å². The van der Waals surface area contributed by atoms with E-state index in [1.807, 2.05) is 0 Å². The summed E-state index contributed by atoms with van der Waals surface area (Å²) in [6.45, 7) is 0.303. The molecule has 0 radical (unpaired) electrons. The van der Waals surface area contributed by atoms with Crippen LogP contribution in [0.1, 0.15) is 29.5 Å². The first kappa shape index (κ1) is 31.0. The highest BCUT2D eigenvalue weighted by atomic mass is 19.4. The molecule has 46 heavy (non-hydrogen) atoms. The van der Waals surface area contributed by atoms with Crippen molar-refractivity contribution < 1.29 is 46.1 Å². The molecule has 1 aliphatic heterocycles. The number of alkyl halides is 3. The molecule has 0 aliphatic carbocycles. The highest BCUT2D eigenvalue weighted by molar-refractivity contribution is 5.82. The van der Waals surface area contributed by atoms with Crippen LogP contribution in [0.25, 0.3) is 28.1 Å². The molecule has 5 aromatic rings. The molecule has 0 unspecified atom stereocenters. The molecule has 2 atom stereocenters. The van der Waals surface area contributed by atoms with Crippen LogP contribution in [-0.4, -0.2) is 84.2 Å². The Labute approximate surface area is 256 Å². The van der Waals surface area contributed by atoms with Gasteiger partial charge in [0.05, 0.1) is 18.7 Å². The van der Waals surface area contributed by atoms with Crippen molar-refractivity contribution in [3.8, 4) is 17.3 Å². The van der Waals surface area contributed by atoms with Crippen LogP contribution in [0.2, 0.25) is 0 Å². The number of hydrogen-bond acceptors (Lipinski definition) is 10. The molecule has 0 spiro atoms. The third kappa shape index (κ3) is 5.97. The molecule has 1 fully saturated rings. The van der Waals surface area contributed by atoms with E-state index >= 15 is 0 Å². The monoisotopic (exact) mass is 646 g/mol. The molecular formula is C29H26F4N6O7. The fraction of sp³-hybridized carbons (Fsp3) is 0.345. The number of aliphatic hydroxyl groups excluding tert-OH is 1. The van der Waals surface area contributed by atoms with E-state index in [9.17, 15) is 32.3 Å². The van der Waals surface area contributed by atoms with Gasteiger partial charge in [-0.15, -0.1) is 10.2 Å². The average Bonchev–Trinajstić information content (AvgIpc) is 3.72. The number of likely N-dealkylation sites (tertiary alicyclic amines) is 1. The second-order valence-corrected chi connectivity index (χ2v) is 10.7. The molecule has 6 rings (SSSR count). The molecule has 242 valence electrons. The molecule has 1 aromatic carbocycles. The van der Waals surface area contributed by atoms with Gasteiger partial charge in [0.1, 0.15) is 24.1 Å². The van der Waals surface area contributed by atoms with Crippen molar-refractivity contribution in [1.29, 1.82) is 0 Å². The predicted octanol–water partition coefficient (Wildman–Crippen LogP) is 4.17. The van der Waals surface area contributed by atoms with Gasteiger partial charge in [-0.1, -0.05) is 12.1 Å². The number of pyridine rings is 2. The fourth-order valence-corrected chi connectivity index (χ4v) is 5.65. The summed E-state index contributed by atoms with van der Waals surface area (Å²) in [4.78, 5) is 30.1. The Kier molecular flexibility index (Phi) is 8.11. The SMILES string of the molecule is Cc1oc(=O)oc1CN(C(=O)O)[C@H]1CCN([C@H](c2ccc3nnc(-c4ccc5cc(F)c(OCCO)cc5n4)n3c2)C(F)(F)F)C1. The van der Waals surface area contributed by atoms with Crippen molar-refractivity contribution in [2.24, 2.45) is 0 Å². The number of carbonyl (C=O) groups is 1. The second kappa shape index (κ2) is 12.1. The molecule has 1 amide bonds. The van der Waals surface area contributed by atoms with Crippen LogP contribution in [0, 0.1) is 12.7 Å². The summed E-state index contributed by atoms with van der Waals surface area (Å²) in [6.07, 6.45) is -4.76. The lowest BCUT2D eigenvalue weighted by Crippen LogP contribution is -2.43. The summed E-state index contributed by atoms with van der Waals surface area (Å²) in [5.41, 5.74) is 0.688. The van der Waals surface area contributed by atoms with Gasteiger partial charge in [-0.2, -0.15) is 13.2 Å². The van der Waals surface area contributed by atoms with Gasteiger partial charge in [-0.3, -0.25) is 14.2 Å². The van der Waals surface area contributed by atoms with Crippen LogP contribution in [0.4, 0.5) is 22.4 Å². The number of fused-ring (bicyclic) bond motifs is 2. The number of amides is 1. The number of carboxylic acid groups (broad SMARTS) is 1. The van der Waals surface area contributed by atoms with Crippen LogP contribution in [-0.2, 0) is 6.54 Å². The smallest absolute Gasteiger partial charge is 0.488 e. The van der Waals surface area contributed by atoms with Gasteiger partial charge in [0.15, 0.2) is 28.8 Å². The molecular weight excluding hydrogens is 620 g/mol. The van der Waals surface area contributed by atoms with E-state index in [-0.39, 0.29) is 79.3 Å². The number of benzene rings is 1. The van der Waals surface area contributed by atoms with Gasteiger partial charge in [-0.05, 0) is 37.1 Å². The zero-order valence-electron chi connectivity index (χ0n) is 24.1. The molecule has 1 saturated heterocycles. The van der Waals surface area contributed by atoms with Crippen LogP contribution in [0.5, 0.6) is 5.75 Å². The largest absolute Gasteiger partial charge is 0.519 e. The number of aliphatic hydroxyl groups is 1. The van der Waals surface area contributed by atoms with E-state index in [4.69, 9.17) is 18.7 Å². The quantitative estimate of drug-likeness (QED) is 0.221. The lowest BCUT2D eigenvalue weighted by molar-refractivity contribution is -0.184. The van der Waals surface area contributed by atoms with Crippen molar-refractivity contribution in [2.75, 3.05) is 26.3 Å². The van der Waals surface area contributed by atoms with Crippen molar-refractivity contribution >= 4 is 22.6 Å². The van der Waals surface area contributed by atoms with Gasteiger partial charge in [0, 0.05) is 36.8 Å². The Bertz CT molecular complexity index is 1970. The Morgan fingerprint density at radius 2 is 2.00 bits per heavy atom. The molecule has 2 N–H and O–H groups in total. The molecule has 17 heteroatoms. The van der Waals surface area contributed by atoms with Crippen LogP contribution in [0.15, 0.2) is 56.2 Å². The number of hydrogen-bond donors (Lipinski definition) is 2. The van der Waals surface area contributed by atoms with Crippen LogP contribution in [0.3, 0.4) is 0 Å². The maximum Gasteiger partial charge on any atom is 0.519 e. The fourth-order valence-electron chi connectivity index (χ4n) is 5.65. The molecule has 4 aromatic heterocycles. The van der Waals surface area contributed by atoms with E-state index in [0.29, 0.717) is 10.9 Å². The molecule has 0 bridgehead atoms. The topological polar surface area (TPSA) is 160 Å². The number of aromatic nitrogens is 4. The van der Waals surface area contributed by atoms with Gasteiger partial charge < -0.3 is 23.8 Å². The summed E-state index contributed by atoms with van der Waals surface area (Å²) in [5.74, 6) is -1.58. The number of halogens is 4. The minimum Gasteiger partial charge on any atom is -0.488 e. The van der Waals surface area contributed by atoms with Crippen molar-refractivity contribution in [3.05, 3.63) is 76.1 Å². The highest BCUT2D eigenvalue weighted by Crippen LogP contribution is 2.40. The van der Waals surface area contributed by atoms with Crippen LogP contribution < -0.4 is 10.6 Å². The zero-order valence-corrected chi connectivity index (χ0v) is 24.1. The Morgan fingerprint density at radius 1 is 1.20 bits per heavy atom. The normalized spacial score (nSPS) is 16.3. The maximum absolute atomic E-state index is 14.7. The standard InChI is InChI=1S/C29H26F4N6O7/c1-15-23(46-28(43)45-15)14-38(27(41)42)18-6-7-37(13-18)25(29(31,32)33)17-3-5-24-35-36-26(39(24)12-17)20-4-2-16-10-19(30)22(44-9-8-40)11-21(16)34-20/h2-5,10-12,18,25,40H,6-9,13-14H2,1H3,(H,41,42)/t18-,25+/m0/s1. The summed E-state index contributed by atoms with van der Waals surface area (Å²) < 4.78 is 74.7. The predicted molar refractivity (Wildman–Crippen MR) is 151 cm³/mol. The van der Waals surface area contributed by atoms with Crippen molar-refractivity contribution in [3.63, 3.8) is 0 Å². The number of ether oxygens (including phenoxy) is 1. The summed E-state index contributed by atoms with van der Waals surface area (Å²) >= 11 is 0. The van der Waals surface area contributed by atoms with E-state index in [0.717, 1.165) is 9.80 Å².